The van der Waals surface area contributed by atoms with Gasteiger partial charge in [0.1, 0.15) is 11.1 Å². The zero-order chi connectivity index (χ0) is 19.1. The Labute approximate surface area is 164 Å². The van der Waals surface area contributed by atoms with Gasteiger partial charge >= 0.3 is 0 Å². The van der Waals surface area contributed by atoms with E-state index in [1.807, 2.05) is 44.2 Å². The van der Waals surface area contributed by atoms with Gasteiger partial charge in [0.2, 0.25) is 5.91 Å². The summed E-state index contributed by atoms with van der Waals surface area (Å²) >= 11 is 1.49. The summed E-state index contributed by atoms with van der Waals surface area (Å²) in [7, 11) is 0. The molecular formula is C22H24N2O2S. The molecule has 1 aromatic heterocycles. The van der Waals surface area contributed by atoms with Gasteiger partial charge in [0.05, 0.1) is 23.2 Å². The van der Waals surface area contributed by atoms with Crippen LogP contribution in [-0.4, -0.2) is 11.5 Å². The molecule has 1 N–H and O–H groups in total. The minimum atomic E-state index is -0.492. The topological polar surface area (TPSA) is 62.1 Å². The highest BCUT2D eigenvalue weighted by molar-refractivity contribution is 7.16. The van der Waals surface area contributed by atoms with E-state index >= 15 is 0 Å². The normalized spacial score (nSPS) is 19.9. The van der Waals surface area contributed by atoms with Crippen LogP contribution in [0.3, 0.4) is 0 Å². The lowest BCUT2D eigenvalue weighted by Gasteiger charge is -2.30. The van der Waals surface area contributed by atoms with Crippen LogP contribution in [0.1, 0.15) is 61.1 Å². The Bertz CT molecular complexity index is 902. The van der Waals surface area contributed by atoms with Crippen molar-refractivity contribution in [3.05, 3.63) is 51.9 Å². The van der Waals surface area contributed by atoms with E-state index in [1.54, 1.807) is 0 Å². The number of carbonyl (C=O) groups is 1. The molecular weight excluding hydrogens is 356 g/mol. The second-order valence-electron chi connectivity index (χ2n) is 8.15. The maximum Gasteiger partial charge on any atom is 0.235 e. The first-order valence-corrected chi connectivity index (χ1v) is 10.3. The van der Waals surface area contributed by atoms with Gasteiger partial charge in [-0.15, -0.1) is 11.3 Å². The summed E-state index contributed by atoms with van der Waals surface area (Å²) in [6.45, 7) is 4.58. The summed E-state index contributed by atoms with van der Waals surface area (Å²) in [5.41, 5.74) is 1.95. The molecule has 0 saturated heterocycles. The fourth-order valence-corrected chi connectivity index (χ4v) is 5.44. The molecule has 27 heavy (non-hydrogen) atoms. The first-order chi connectivity index (χ1) is 13.0. The average molecular weight is 381 g/mol. The van der Waals surface area contributed by atoms with Gasteiger partial charge in [-0.3, -0.25) is 4.79 Å². The maximum atomic E-state index is 13.4. The fraction of sp³-hybridized carbons (Fsp3) is 0.455. The van der Waals surface area contributed by atoms with E-state index in [0.29, 0.717) is 23.6 Å². The second kappa shape index (κ2) is 6.78. The Balaban J connectivity index is 1.67. The van der Waals surface area contributed by atoms with Gasteiger partial charge < -0.3 is 10.1 Å². The predicted octanol–water partition coefficient (Wildman–Crippen LogP) is 4.92. The molecule has 1 aliphatic carbocycles. The third kappa shape index (κ3) is 3.18. The minimum Gasteiger partial charge on any atom is -0.370 e. The van der Waals surface area contributed by atoms with Crippen LogP contribution in [-0.2, 0) is 28.0 Å². The van der Waals surface area contributed by atoms with Gasteiger partial charge in [-0.1, -0.05) is 43.2 Å². The van der Waals surface area contributed by atoms with E-state index < -0.39 is 5.41 Å². The van der Waals surface area contributed by atoms with Crippen LogP contribution in [0.15, 0.2) is 30.3 Å². The van der Waals surface area contributed by atoms with E-state index in [9.17, 15) is 10.1 Å². The van der Waals surface area contributed by atoms with Gasteiger partial charge in [-0.05, 0) is 37.8 Å². The third-order valence-corrected chi connectivity index (χ3v) is 6.97. The Kier molecular flexibility index (Phi) is 4.57. The molecule has 140 valence electrons. The summed E-state index contributed by atoms with van der Waals surface area (Å²) in [5, 5.41) is 13.6. The number of fused-ring (bicyclic) bond motifs is 1. The lowest BCUT2D eigenvalue weighted by atomic mass is 9.78. The highest BCUT2D eigenvalue weighted by atomic mass is 32.1. The van der Waals surface area contributed by atoms with E-state index in [1.165, 1.54) is 11.3 Å². The highest BCUT2D eigenvalue weighted by Gasteiger charge is 2.43. The molecule has 1 fully saturated rings. The molecule has 1 aliphatic heterocycles. The molecule has 4 nitrogen and oxygen atoms in total. The smallest absolute Gasteiger partial charge is 0.235 e. The minimum absolute atomic E-state index is 0.0153. The Hall–Kier alpha value is -2.16. The quantitative estimate of drug-likeness (QED) is 0.822. The Morgan fingerprint density at radius 1 is 1.22 bits per heavy atom. The van der Waals surface area contributed by atoms with Crippen molar-refractivity contribution in [3.8, 4) is 6.07 Å². The number of nitrogens with one attached hydrogen (secondary N) is 1. The van der Waals surface area contributed by atoms with Crippen molar-refractivity contribution in [2.45, 2.75) is 63.6 Å². The number of nitrogens with zero attached hydrogens (tertiary/aromatic N) is 1. The zero-order valence-electron chi connectivity index (χ0n) is 15.8. The monoisotopic (exact) mass is 380 g/mol. The molecule has 0 bridgehead atoms. The SMILES string of the molecule is CC1(C)Cc2c(sc(NC(=O)C3(c4ccccc4)CCCC3)c2C#N)CO1. The van der Waals surface area contributed by atoms with Gasteiger partial charge in [0.25, 0.3) is 0 Å². The molecule has 1 amide bonds. The van der Waals surface area contributed by atoms with E-state index in [0.717, 1.165) is 41.7 Å². The number of benzene rings is 1. The Morgan fingerprint density at radius 3 is 2.59 bits per heavy atom. The van der Waals surface area contributed by atoms with Gasteiger partial charge in [-0.25, -0.2) is 0 Å². The van der Waals surface area contributed by atoms with Crippen molar-refractivity contribution in [2.24, 2.45) is 0 Å². The molecule has 1 aromatic carbocycles. The van der Waals surface area contributed by atoms with Crippen LogP contribution >= 0.6 is 11.3 Å². The van der Waals surface area contributed by atoms with Crippen LogP contribution in [0.25, 0.3) is 0 Å². The summed E-state index contributed by atoms with van der Waals surface area (Å²) < 4.78 is 5.89. The summed E-state index contributed by atoms with van der Waals surface area (Å²) in [6, 6.07) is 12.4. The second-order valence-corrected chi connectivity index (χ2v) is 9.26. The van der Waals surface area contributed by atoms with Crippen molar-refractivity contribution >= 4 is 22.2 Å². The summed E-state index contributed by atoms with van der Waals surface area (Å²) in [4.78, 5) is 14.5. The summed E-state index contributed by atoms with van der Waals surface area (Å²) in [5.74, 6) is 0.0153. The molecule has 1 saturated carbocycles. The van der Waals surface area contributed by atoms with Crippen LogP contribution in [0.4, 0.5) is 5.00 Å². The molecule has 0 spiro atoms. The van der Waals surface area contributed by atoms with Crippen LogP contribution in [0.2, 0.25) is 0 Å². The lowest BCUT2D eigenvalue weighted by Crippen LogP contribution is -2.37. The molecule has 0 unspecified atom stereocenters. The number of rotatable bonds is 3. The first-order valence-electron chi connectivity index (χ1n) is 9.51. The van der Waals surface area contributed by atoms with Gasteiger partial charge in [0.15, 0.2) is 0 Å². The Morgan fingerprint density at radius 2 is 1.93 bits per heavy atom. The van der Waals surface area contributed by atoms with E-state index in [-0.39, 0.29) is 11.5 Å². The number of hydrogen-bond donors (Lipinski definition) is 1. The highest BCUT2D eigenvalue weighted by Crippen LogP contribution is 2.44. The van der Waals surface area contributed by atoms with Crippen molar-refractivity contribution < 1.29 is 9.53 Å². The maximum absolute atomic E-state index is 13.4. The van der Waals surface area contributed by atoms with Crippen molar-refractivity contribution in [3.63, 3.8) is 0 Å². The largest absolute Gasteiger partial charge is 0.370 e. The third-order valence-electron chi connectivity index (χ3n) is 5.84. The lowest BCUT2D eigenvalue weighted by molar-refractivity contribution is -0.121. The molecule has 0 atom stereocenters. The number of hydrogen-bond acceptors (Lipinski definition) is 4. The van der Waals surface area contributed by atoms with Gasteiger partial charge in [-0.2, -0.15) is 5.26 Å². The molecule has 2 heterocycles. The number of nitriles is 1. The molecule has 0 radical (unpaired) electrons. The first kappa shape index (κ1) is 18.2. The summed E-state index contributed by atoms with van der Waals surface area (Å²) in [6.07, 6.45) is 4.51. The predicted molar refractivity (Wildman–Crippen MR) is 107 cm³/mol. The van der Waals surface area contributed by atoms with Crippen molar-refractivity contribution in [1.29, 1.82) is 5.26 Å². The van der Waals surface area contributed by atoms with Crippen LogP contribution in [0, 0.1) is 11.3 Å². The molecule has 5 heteroatoms. The average Bonchev–Trinajstić information content (AvgIpc) is 3.27. The van der Waals surface area contributed by atoms with Crippen LogP contribution in [0.5, 0.6) is 0 Å². The number of anilines is 1. The van der Waals surface area contributed by atoms with Crippen molar-refractivity contribution in [2.75, 3.05) is 5.32 Å². The van der Waals surface area contributed by atoms with E-state index in [4.69, 9.17) is 4.74 Å². The molecule has 4 rings (SSSR count). The standard InChI is InChI=1S/C22H24N2O2S/c1-21(2)12-16-17(13-23)19(27-18(16)14-26-21)24-20(25)22(10-6-7-11-22)15-8-4-3-5-9-15/h3-5,8-9H,6-7,10-12,14H2,1-2H3,(H,24,25). The number of ether oxygens (including phenoxy) is 1. The number of thiophene rings is 1. The van der Waals surface area contributed by atoms with Crippen molar-refractivity contribution in [1.82, 2.24) is 0 Å². The zero-order valence-corrected chi connectivity index (χ0v) is 16.6. The molecule has 2 aliphatic rings. The molecule has 2 aromatic rings. The number of carbonyl (C=O) groups excluding carboxylic acids is 1. The van der Waals surface area contributed by atoms with E-state index in [2.05, 4.69) is 11.4 Å². The van der Waals surface area contributed by atoms with Crippen LogP contribution < -0.4 is 5.32 Å². The number of amides is 1. The fourth-order valence-electron chi connectivity index (χ4n) is 4.37. The van der Waals surface area contributed by atoms with Gasteiger partial charge in [0, 0.05) is 11.3 Å².